The van der Waals surface area contributed by atoms with Gasteiger partial charge in [-0.25, -0.2) is 14.4 Å². The molecule has 36 heavy (non-hydrogen) atoms. The number of amides is 1. The third kappa shape index (κ3) is 4.42. The first kappa shape index (κ1) is 23.9. The molecule has 184 valence electrons. The molecule has 1 aromatic heterocycles. The fourth-order valence-electron chi connectivity index (χ4n) is 4.93. The second-order valence-electron chi connectivity index (χ2n) is 9.31. The molecule has 5 rings (SSSR count). The van der Waals surface area contributed by atoms with Crippen LogP contribution >= 0.6 is 0 Å². The summed E-state index contributed by atoms with van der Waals surface area (Å²) in [6.07, 6.45) is 0. The lowest BCUT2D eigenvalue weighted by atomic mass is 9.95. The Morgan fingerprint density at radius 2 is 1.72 bits per heavy atom. The van der Waals surface area contributed by atoms with Gasteiger partial charge in [0.05, 0.1) is 5.52 Å². The van der Waals surface area contributed by atoms with Crippen LogP contribution in [0.3, 0.4) is 0 Å². The molecule has 0 atom stereocenters. The van der Waals surface area contributed by atoms with E-state index in [2.05, 4.69) is 28.7 Å². The van der Waals surface area contributed by atoms with Crippen molar-refractivity contribution in [2.45, 2.75) is 40.4 Å². The van der Waals surface area contributed by atoms with Gasteiger partial charge in [0.1, 0.15) is 11.5 Å². The SMILES string of the molecule is CCN(CC)Cc1cc(C)c(F)cc1-c1ccc2nc(N)nc(C(=O)N3Cc4ccccc4C3)c2c1. The average molecular weight is 484 g/mol. The van der Waals surface area contributed by atoms with E-state index in [1.807, 2.05) is 48.5 Å². The lowest BCUT2D eigenvalue weighted by Crippen LogP contribution is -2.27. The van der Waals surface area contributed by atoms with Gasteiger partial charge in [0, 0.05) is 25.0 Å². The molecule has 7 heteroatoms. The molecule has 0 fully saturated rings. The van der Waals surface area contributed by atoms with Gasteiger partial charge in [-0.05, 0) is 71.6 Å². The van der Waals surface area contributed by atoms with E-state index in [0.717, 1.165) is 40.9 Å². The number of nitrogens with two attached hydrogens (primary N) is 1. The molecule has 1 aliphatic rings. The number of nitrogens with zero attached hydrogens (tertiary/aromatic N) is 4. The van der Waals surface area contributed by atoms with Crippen molar-refractivity contribution in [2.24, 2.45) is 0 Å². The lowest BCUT2D eigenvalue weighted by Gasteiger charge is -2.21. The molecule has 1 amide bonds. The van der Waals surface area contributed by atoms with Crippen LogP contribution in [0.25, 0.3) is 22.0 Å². The summed E-state index contributed by atoms with van der Waals surface area (Å²) in [7, 11) is 0. The van der Waals surface area contributed by atoms with E-state index < -0.39 is 0 Å². The minimum atomic E-state index is -0.256. The maximum absolute atomic E-state index is 14.7. The maximum atomic E-state index is 14.7. The molecule has 0 saturated heterocycles. The zero-order valence-electron chi connectivity index (χ0n) is 20.9. The standard InChI is InChI=1S/C29H30FN5O/c1-4-34(5-2)15-22-12-18(3)25(30)14-23(22)19-10-11-26-24(13-19)27(33-29(31)32-26)28(36)35-16-20-8-6-7-9-21(20)17-35/h6-14H,4-5,15-17H2,1-3H3,(H2,31,32,33). The number of rotatable bonds is 6. The van der Waals surface area contributed by atoms with Gasteiger partial charge in [-0.15, -0.1) is 0 Å². The van der Waals surface area contributed by atoms with Crippen molar-refractivity contribution in [3.05, 3.63) is 88.4 Å². The predicted molar refractivity (Wildman–Crippen MR) is 141 cm³/mol. The number of fused-ring (bicyclic) bond motifs is 2. The number of hydrogen-bond donors (Lipinski definition) is 1. The summed E-state index contributed by atoms with van der Waals surface area (Å²) in [4.78, 5) is 26.4. The van der Waals surface area contributed by atoms with Crippen molar-refractivity contribution < 1.29 is 9.18 Å². The highest BCUT2D eigenvalue weighted by Gasteiger charge is 2.27. The van der Waals surface area contributed by atoms with Gasteiger partial charge in [-0.2, -0.15) is 0 Å². The van der Waals surface area contributed by atoms with Crippen LogP contribution in [-0.2, 0) is 19.6 Å². The number of carbonyl (C=O) groups is 1. The number of carbonyl (C=O) groups excluding carboxylic acids is 1. The fourth-order valence-corrected chi connectivity index (χ4v) is 4.93. The Balaban J connectivity index is 1.59. The summed E-state index contributed by atoms with van der Waals surface area (Å²) < 4.78 is 14.7. The van der Waals surface area contributed by atoms with Crippen molar-refractivity contribution in [3.63, 3.8) is 0 Å². The van der Waals surface area contributed by atoms with Gasteiger partial charge in [-0.1, -0.05) is 50.2 Å². The molecule has 0 bridgehead atoms. The molecule has 6 nitrogen and oxygen atoms in total. The molecular formula is C29H30FN5O. The highest BCUT2D eigenvalue weighted by molar-refractivity contribution is 6.06. The van der Waals surface area contributed by atoms with Crippen LogP contribution in [-0.4, -0.2) is 38.8 Å². The summed E-state index contributed by atoms with van der Waals surface area (Å²) in [6, 6.07) is 17.2. The first-order valence-electron chi connectivity index (χ1n) is 12.3. The molecule has 0 radical (unpaired) electrons. The molecular weight excluding hydrogens is 453 g/mol. The Bertz CT molecular complexity index is 1440. The average Bonchev–Trinajstić information content (AvgIpc) is 3.32. The number of hydrogen-bond acceptors (Lipinski definition) is 5. The number of aryl methyl sites for hydroxylation is 1. The van der Waals surface area contributed by atoms with Crippen molar-refractivity contribution in [1.82, 2.24) is 19.8 Å². The largest absolute Gasteiger partial charge is 0.368 e. The molecule has 2 heterocycles. The van der Waals surface area contributed by atoms with E-state index in [1.165, 1.54) is 0 Å². The third-order valence-electron chi connectivity index (χ3n) is 7.03. The van der Waals surface area contributed by atoms with Crippen molar-refractivity contribution in [2.75, 3.05) is 18.8 Å². The third-order valence-corrected chi connectivity index (χ3v) is 7.03. The fraction of sp³-hybridized carbons (Fsp3) is 0.276. The number of benzene rings is 3. The Hall–Kier alpha value is -3.84. The predicted octanol–water partition coefficient (Wildman–Crippen LogP) is 5.32. The van der Waals surface area contributed by atoms with Crippen LogP contribution < -0.4 is 5.73 Å². The minimum Gasteiger partial charge on any atom is -0.368 e. The number of anilines is 1. The lowest BCUT2D eigenvalue weighted by molar-refractivity contribution is 0.0747. The highest BCUT2D eigenvalue weighted by Crippen LogP contribution is 2.32. The molecule has 1 aliphatic heterocycles. The zero-order chi connectivity index (χ0) is 25.4. The van der Waals surface area contributed by atoms with E-state index >= 15 is 0 Å². The smallest absolute Gasteiger partial charge is 0.273 e. The van der Waals surface area contributed by atoms with E-state index in [0.29, 0.717) is 36.1 Å². The van der Waals surface area contributed by atoms with Gasteiger partial charge in [-0.3, -0.25) is 9.69 Å². The van der Waals surface area contributed by atoms with Crippen molar-refractivity contribution in [3.8, 4) is 11.1 Å². The number of halogens is 1. The summed E-state index contributed by atoms with van der Waals surface area (Å²) in [5.74, 6) is -0.395. The van der Waals surface area contributed by atoms with Gasteiger partial charge >= 0.3 is 0 Å². The molecule has 0 saturated carbocycles. The molecule has 4 aromatic rings. The normalized spacial score (nSPS) is 13.0. The van der Waals surface area contributed by atoms with Gasteiger partial charge in [0.15, 0.2) is 0 Å². The van der Waals surface area contributed by atoms with Crippen LogP contribution in [0.15, 0.2) is 54.6 Å². The van der Waals surface area contributed by atoms with Crippen LogP contribution in [0.5, 0.6) is 0 Å². The van der Waals surface area contributed by atoms with Gasteiger partial charge in [0.2, 0.25) is 5.95 Å². The van der Waals surface area contributed by atoms with E-state index in [-0.39, 0.29) is 23.4 Å². The summed E-state index contributed by atoms with van der Waals surface area (Å²) in [6.45, 7) is 9.57. The van der Waals surface area contributed by atoms with Gasteiger partial charge in [0.25, 0.3) is 5.91 Å². The Morgan fingerprint density at radius 1 is 1.03 bits per heavy atom. The molecule has 3 aromatic carbocycles. The van der Waals surface area contributed by atoms with Crippen molar-refractivity contribution >= 4 is 22.8 Å². The Kier molecular flexibility index (Phi) is 6.41. The summed E-state index contributed by atoms with van der Waals surface area (Å²) in [5.41, 5.74) is 12.4. The molecule has 2 N–H and O–H groups in total. The quantitative estimate of drug-likeness (QED) is 0.402. The first-order valence-corrected chi connectivity index (χ1v) is 12.3. The number of aromatic nitrogens is 2. The maximum Gasteiger partial charge on any atom is 0.273 e. The topological polar surface area (TPSA) is 75.4 Å². The van der Waals surface area contributed by atoms with Crippen molar-refractivity contribution in [1.29, 1.82) is 0 Å². The second kappa shape index (κ2) is 9.66. The minimum absolute atomic E-state index is 0.0545. The zero-order valence-corrected chi connectivity index (χ0v) is 20.9. The van der Waals surface area contributed by atoms with Gasteiger partial charge < -0.3 is 10.6 Å². The van der Waals surface area contributed by atoms with E-state index in [4.69, 9.17) is 5.73 Å². The molecule has 0 aliphatic carbocycles. The van der Waals surface area contributed by atoms with E-state index in [9.17, 15) is 9.18 Å². The van der Waals surface area contributed by atoms with Crippen LogP contribution in [0.1, 0.15) is 46.6 Å². The highest BCUT2D eigenvalue weighted by atomic mass is 19.1. The monoisotopic (exact) mass is 483 g/mol. The molecule has 0 spiro atoms. The summed E-state index contributed by atoms with van der Waals surface area (Å²) >= 11 is 0. The Labute approximate surface area is 210 Å². The first-order chi connectivity index (χ1) is 17.4. The molecule has 0 unspecified atom stereocenters. The van der Waals surface area contributed by atoms with Crippen LogP contribution in [0, 0.1) is 12.7 Å². The second-order valence-corrected chi connectivity index (χ2v) is 9.31. The summed E-state index contributed by atoms with van der Waals surface area (Å²) in [5, 5.41) is 0.609. The van der Waals surface area contributed by atoms with Crippen LogP contribution in [0.4, 0.5) is 10.3 Å². The van der Waals surface area contributed by atoms with E-state index in [1.54, 1.807) is 17.9 Å². The van der Waals surface area contributed by atoms with Crippen LogP contribution in [0.2, 0.25) is 0 Å². The number of nitrogen functional groups attached to an aromatic ring is 1. The Morgan fingerprint density at radius 3 is 2.39 bits per heavy atom.